The van der Waals surface area contributed by atoms with Crippen molar-refractivity contribution in [2.24, 2.45) is 0 Å². The Morgan fingerprint density at radius 1 is 1.23 bits per heavy atom. The molecule has 1 heterocycles. The number of halogens is 2. The number of alkyl halides is 2. The van der Waals surface area contributed by atoms with E-state index in [1.165, 1.54) is 45.2 Å². The number of nitro groups is 1. The van der Waals surface area contributed by atoms with Gasteiger partial charge in [-0.15, -0.1) is 0 Å². The Bertz CT molecular complexity index is 928. The summed E-state index contributed by atoms with van der Waals surface area (Å²) in [5.41, 5.74) is -0.0474. The van der Waals surface area contributed by atoms with Crippen LogP contribution in [0.4, 0.5) is 8.78 Å². The van der Waals surface area contributed by atoms with Gasteiger partial charge < -0.3 is 19.5 Å². The minimum atomic E-state index is -3.16. The molecule has 0 saturated heterocycles. The first-order chi connectivity index (χ1) is 14.7. The lowest BCUT2D eigenvalue weighted by Crippen LogP contribution is -2.32. The predicted molar refractivity (Wildman–Crippen MR) is 104 cm³/mol. The van der Waals surface area contributed by atoms with Crippen LogP contribution < -0.4 is 10.1 Å². The Kier molecular flexibility index (Phi) is 8.06. The number of rotatable bonds is 9. The number of methoxy groups -OCH3 is 1. The fourth-order valence-corrected chi connectivity index (χ4v) is 3.28. The van der Waals surface area contributed by atoms with Gasteiger partial charge in [0.15, 0.2) is 0 Å². The topological polar surface area (TPSA) is 117 Å². The Balaban J connectivity index is 2.44. The molecular weight excluding hydrogens is 418 g/mol. The Morgan fingerprint density at radius 2 is 1.90 bits per heavy atom. The van der Waals surface area contributed by atoms with Crippen molar-refractivity contribution in [3.05, 3.63) is 62.6 Å². The van der Waals surface area contributed by atoms with Crippen LogP contribution >= 0.6 is 0 Å². The highest BCUT2D eigenvalue weighted by atomic mass is 19.3. The number of nitrogens with zero attached hydrogens (tertiary/aromatic N) is 1. The molecule has 0 amide bonds. The molecule has 1 atom stereocenters. The lowest BCUT2D eigenvalue weighted by atomic mass is 9.83. The number of esters is 2. The normalized spacial score (nSPS) is 16.1. The maximum absolute atomic E-state index is 12.9. The summed E-state index contributed by atoms with van der Waals surface area (Å²) >= 11 is 0. The molecule has 9 nitrogen and oxygen atoms in total. The first-order valence-corrected chi connectivity index (χ1v) is 9.28. The van der Waals surface area contributed by atoms with Crippen molar-refractivity contribution < 1.29 is 37.5 Å². The summed E-state index contributed by atoms with van der Waals surface area (Å²) in [6.45, 7) is -0.326. The van der Waals surface area contributed by atoms with Gasteiger partial charge in [0.1, 0.15) is 11.7 Å². The number of carbonyl (C=O) groups is 2. The highest BCUT2D eigenvalue weighted by molar-refractivity contribution is 5.92. The summed E-state index contributed by atoms with van der Waals surface area (Å²) in [7, 11) is 1.23. The van der Waals surface area contributed by atoms with Gasteiger partial charge in [-0.05, 0) is 26.3 Å². The third-order valence-electron chi connectivity index (χ3n) is 4.57. The standard InChI is InChI=1S/C20H22F2N2O7/c1-11-16(19(26)30-10-6-9-15(25)29-3)17(18(24(27)28)12(2)23-11)13-7-4-5-8-14(13)31-20(21)22/h4-5,7-8,17,20,23H,6,9-10H2,1-3H3. The van der Waals surface area contributed by atoms with E-state index < -0.39 is 35.1 Å². The van der Waals surface area contributed by atoms with E-state index >= 15 is 0 Å². The molecule has 0 fully saturated rings. The largest absolute Gasteiger partial charge is 0.469 e. The number of hydrogen-bond donors (Lipinski definition) is 1. The van der Waals surface area contributed by atoms with Crippen LogP contribution in [-0.2, 0) is 19.1 Å². The van der Waals surface area contributed by atoms with E-state index in [9.17, 15) is 28.5 Å². The Morgan fingerprint density at radius 3 is 2.52 bits per heavy atom. The van der Waals surface area contributed by atoms with Gasteiger partial charge in [-0.1, -0.05) is 18.2 Å². The van der Waals surface area contributed by atoms with E-state index in [0.29, 0.717) is 0 Å². The number of nitrogens with one attached hydrogen (secondary N) is 1. The molecule has 1 aliphatic heterocycles. The molecule has 1 aromatic carbocycles. The lowest BCUT2D eigenvalue weighted by Gasteiger charge is -2.27. The number of ether oxygens (including phenoxy) is 3. The van der Waals surface area contributed by atoms with Crippen molar-refractivity contribution in [2.75, 3.05) is 13.7 Å². The molecule has 1 aliphatic rings. The van der Waals surface area contributed by atoms with Gasteiger partial charge in [0.25, 0.3) is 5.70 Å². The summed E-state index contributed by atoms with van der Waals surface area (Å²) in [4.78, 5) is 35.2. The molecule has 1 aromatic rings. The van der Waals surface area contributed by atoms with Crippen LogP contribution in [-0.4, -0.2) is 37.2 Å². The first kappa shape index (κ1) is 23.8. The van der Waals surface area contributed by atoms with Crippen molar-refractivity contribution in [1.29, 1.82) is 0 Å². The molecule has 11 heteroatoms. The van der Waals surface area contributed by atoms with E-state index in [2.05, 4.69) is 14.8 Å². The van der Waals surface area contributed by atoms with Crippen LogP contribution in [0.1, 0.15) is 38.2 Å². The zero-order valence-electron chi connectivity index (χ0n) is 17.1. The number of hydrogen-bond acceptors (Lipinski definition) is 8. The Labute approximate surface area is 176 Å². The smallest absolute Gasteiger partial charge is 0.387 e. The lowest BCUT2D eigenvalue weighted by molar-refractivity contribution is -0.431. The van der Waals surface area contributed by atoms with E-state index in [1.807, 2.05) is 0 Å². The van der Waals surface area contributed by atoms with Crippen LogP contribution in [0.25, 0.3) is 0 Å². The second kappa shape index (κ2) is 10.5. The molecular formula is C20H22F2N2O7. The van der Waals surface area contributed by atoms with Gasteiger partial charge in [0.2, 0.25) is 0 Å². The zero-order valence-corrected chi connectivity index (χ0v) is 17.1. The molecule has 31 heavy (non-hydrogen) atoms. The van der Waals surface area contributed by atoms with Crippen molar-refractivity contribution >= 4 is 11.9 Å². The average molecular weight is 440 g/mol. The molecule has 0 aliphatic carbocycles. The minimum Gasteiger partial charge on any atom is -0.469 e. The molecule has 0 radical (unpaired) electrons. The van der Waals surface area contributed by atoms with Crippen LogP contribution in [0, 0.1) is 10.1 Å². The molecule has 0 saturated carbocycles. The van der Waals surface area contributed by atoms with Crippen LogP contribution in [0.3, 0.4) is 0 Å². The second-order valence-corrected chi connectivity index (χ2v) is 6.60. The first-order valence-electron chi connectivity index (χ1n) is 9.28. The predicted octanol–water partition coefficient (Wildman–Crippen LogP) is 3.25. The van der Waals surface area contributed by atoms with E-state index in [4.69, 9.17) is 4.74 Å². The summed E-state index contributed by atoms with van der Waals surface area (Å²) in [6, 6.07) is 5.55. The van der Waals surface area contributed by atoms with Crippen LogP contribution in [0.15, 0.2) is 46.9 Å². The number of dihydropyridines is 1. The monoisotopic (exact) mass is 440 g/mol. The number of allylic oxidation sites excluding steroid dienone is 3. The molecule has 0 spiro atoms. The summed E-state index contributed by atoms with van der Waals surface area (Å²) in [5.74, 6) is -2.95. The van der Waals surface area contributed by atoms with Crippen molar-refractivity contribution in [3.63, 3.8) is 0 Å². The van der Waals surface area contributed by atoms with Gasteiger partial charge >= 0.3 is 18.6 Å². The maximum Gasteiger partial charge on any atom is 0.387 e. The molecule has 2 rings (SSSR count). The number of carbonyl (C=O) groups excluding carboxylic acids is 2. The van der Waals surface area contributed by atoms with Gasteiger partial charge in [0.05, 0.1) is 29.9 Å². The fourth-order valence-electron chi connectivity index (χ4n) is 3.28. The van der Waals surface area contributed by atoms with Gasteiger partial charge in [0, 0.05) is 17.7 Å². The van der Waals surface area contributed by atoms with Crippen LogP contribution in [0.5, 0.6) is 5.75 Å². The highest BCUT2D eigenvalue weighted by Crippen LogP contribution is 2.42. The van der Waals surface area contributed by atoms with Gasteiger partial charge in [-0.2, -0.15) is 8.78 Å². The van der Waals surface area contributed by atoms with E-state index in [1.54, 1.807) is 0 Å². The maximum atomic E-state index is 12.9. The minimum absolute atomic E-state index is 0.0215. The van der Waals surface area contributed by atoms with Gasteiger partial charge in [-0.25, -0.2) is 4.79 Å². The van der Waals surface area contributed by atoms with Crippen molar-refractivity contribution in [3.8, 4) is 5.75 Å². The van der Waals surface area contributed by atoms with Crippen molar-refractivity contribution in [2.45, 2.75) is 39.2 Å². The quantitative estimate of drug-likeness (QED) is 0.269. The summed E-state index contributed by atoms with van der Waals surface area (Å²) in [5, 5.41) is 14.6. The second-order valence-electron chi connectivity index (χ2n) is 6.60. The highest BCUT2D eigenvalue weighted by Gasteiger charge is 2.42. The molecule has 1 N–H and O–H groups in total. The molecule has 0 bridgehead atoms. The summed E-state index contributed by atoms with van der Waals surface area (Å²) in [6.07, 6.45) is 0.207. The molecule has 168 valence electrons. The van der Waals surface area contributed by atoms with E-state index in [-0.39, 0.29) is 47.7 Å². The van der Waals surface area contributed by atoms with Gasteiger partial charge in [-0.3, -0.25) is 14.9 Å². The fraction of sp³-hybridized carbons (Fsp3) is 0.400. The third kappa shape index (κ3) is 5.77. The number of benzene rings is 1. The third-order valence-corrected chi connectivity index (χ3v) is 4.57. The molecule has 0 aromatic heterocycles. The van der Waals surface area contributed by atoms with Crippen LogP contribution in [0.2, 0.25) is 0 Å². The Hall–Kier alpha value is -3.50. The molecule has 1 unspecified atom stereocenters. The number of para-hydroxylation sites is 1. The average Bonchev–Trinajstić information content (AvgIpc) is 2.69. The summed E-state index contributed by atoms with van der Waals surface area (Å²) < 4.78 is 40.1. The van der Waals surface area contributed by atoms with E-state index in [0.717, 1.165) is 0 Å². The SMILES string of the molecule is COC(=O)CCCOC(=O)C1=C(C)NC(C)=C([N+](=O)[O-])C1c1ccccc1OC(F)F. The zero-order chi connectivity index (χ0) is 23.1. The van der Waals surface area contributed by atoms with Crippen molar-refractivity contribution in [1.82, 2.24) is 5.32 Å².